The van der Waals surface area contributed by atoms with E-state index in [1.165, 1.54) is 0 Å². The van der Waals surface area contributed by atoms with Crippen molar-refractivity contribution in [2.24, 2.45) is 0 Å². The molecule has 0 aromatic carbocycles. The Hall–Kier alpha value is -2.12. The minimum Gasteiger partial charge on any atom is -0.458 e. The molecule has 1 atom stereocenters. The van der Waals surface area contributed by atoms with Crippen LogP contribution >= 0.6 is 0 Å². The summed E-state index contributed by atoms with van der Waals surface area (Å²) in [6, 6.07) is -1.49. The van der Waals surface area contributed by atoms with Crippen LogP contribution in [0.25, 0.3) is 0 Å². The summed E-state index contributed by atoms with van der Waals surface area (Å²) in [5.41, 5.74) is -2.71. The highest BCUT2D eigenvalue weighted by Crippen LogP contribution is 2.20. The van der Waals surface area contributed by atoms with E-state index >= 15 is 0 Å². The van der Waals surface area contributed by atoms with Crippen LogP contribution in [0.4, 0.5) is 9.59 Å². The molecule has 0 aromatic rings. The number of carbonyl (C=O) groups is 4. The van der Waals surface area contributed by atoms with Gasteiger partial charge in [-0.25, -0.2) is 14.4 Å². The van der Waals surface area contributed by atoms with E-state index < -0.39 is 47.4 Å². The third kappa shape index (κ3) is 9.39. The van der Waals surface area contributed by atoms with Crippen LogP contribution in [-0.2, 0) is 23.8 Å². The van der Waals surface area contributed by atoms with Crippen molar-refractivity contribution in [2.45, 2.75) is 91.6 Å². The highest BCUT2D eigenvalue weighted by Gasteiger charge is 2.41. The molecule has 0 fully saturated rings. The second-order valence-corrected chi connectivity index (χ2v) is 8.78. The van der Waals surface area contributed by atoms with E-state index in [0.717, 1.165) is 0 Å². The molecule has 2 amide bonds. The van der Waals surface area contributed by atoms with Gasteiger partial charge in [-0.1, -0.05) is 0 Å². The van der Waals surface area contributed by atoms with Crippen molar-refractivity contribution in [3.05, 3.63) is 0 Å². The highest BCUT2D eigenvalue weighted by molar-refractivity contribution is 5.95. The van der Waals surface area contributed by atoms with Gasteiger partial charge in [-0.15, -0.1) is 0 Å². The lowest BCUT2D eigenvalue weighted by Gasteiger charge is -2.33. The summed E-state index contributed by atoms with van der Waals surface area (Å²) < 4.78 is 15.6. The van der Waals surface area contributed by atoms with Crippen molar-refractivity contribution < 1.29 is 33.4 Å². The summed E-state index contributed by atoms with van der Waals surface area (Å²) in [6.07, 6.45) is -2.20. The van der Waals surface area contributed by atoms with Crippen LogP contribution in [0.1, 0.15) is 68.7 Å². The van der Waals surface area contributed by atoms with Gasteiger partial charge in [0.2, 0.25) is 0 Å². The summed E-state index contributed by atoms with van der Waals surface area (Å²) in [7, 11) is 0. The van der Waals surface area contributed by atoms with Crippen LogP contribution in [0.15, 0.2) is 0 Å². The number of imide groups is 1. The van der Waals surface area contributed by atoms with Crippen LogP contribution in [-0.4, -0.2) is 52.2 Å². The van der Waals surface area contributed by atoms with Gasteiger partial charge in [0.25, 0.3) is 0 Å². The number of amides is 2. The molecule has 0 spiro atoms. The van der Waals surface area contributed by atoms with Gasteiger partial charge >= 0.3 is 18.2 Å². The molecular weight excluding hydrogens is 342 g/mol. The average molecular weight is 373 g/mol. The Bertz CT molecular complexity index is 507. The molecule has 0 bridgehead atoms. The normalized spacial score (nSPS) is 13.4. The largest absolute Gasteiger partial charge is 0.458 e. The molecule has 150 valence electrons. The Labute approximate surface area is 155 Å². The van der Waals surface area contributed by atoms with Gasteiger partial charge in [-0.05, 0) is 62.3 Å². The van der Waals surface area contributed by atoms with Crippen LogP contribution in [0.5, 0.6) is 0 Å². The number of aldehydes is 1. The van der Waals surface area contributed by atoms with Gasteiger partial charge < -0.3 is 19.0 Å². The number of esters is 1. The second-order valence-electron chi connectivity index (χ2n) is 8.78. The highest BCUT2D eigenvalue weighted by atomic mass is 16.6. The summed E-state index contributed by atoms with van der Waals surface area (Å²) in [5, 5.41) is 0. The molecule has 0 unspecified atom stereocenters. The Morgan fingerprint density at radius 1 is 0.769 bits per heavy atom. The van der Waals surface area contributed by atoms with Crippen molar-refractivity contribution in [2.75, 3.05) is 0 Å². The van der Waals surface area contributed by atoms with Gasteiger partial charge in [0.1, 0.15) is 23.1 Å². The van der Waals surface area contributed by atoms with E-state index in [-0.39, 0.29) is 0 Å². The van der Waals surface area contributed by atoms with Gasteiger partial charge in [-0.3, -0.25) is 0 Å². The van der Waals surface area contributed by atoms with Crippen LogP contribution < -0.4 is 0 Å². The SMILES string of the molecule is CC(C)(C)OC(=O)[C@H](CC=O)N(C(=O)OC(C)(C)C)C(=O)OC(C)(C)C. The van der Waals surface area contributed by atoms with E-state index in [9.17, 15) is 19.2 Å². The quantitative estimate of drug-likeness (QED) is 0.423. The Kier molecular flexibility index (Phi) is 7.81. The molecule has 8 heteroatoms. The molecule has 8 nitrogen and oxygen atoms in total. The fourth-order valence-corrected chi connectivity index (χ4v) is 1.72. The van der Waals surface area contributed by atoms with Gasteiger partial charge in [0.05, 0.1) is 0 Å². The number of ether oxygens (including phenoxy) is 3. The number of hydrogen-bond acceptors (Lipinski definition) is 7. The second kappa shape index (κ2) is 8.51. The zero-order valence-electron chi connectivity index (χ0n) is 17.2. The van der Waals surface area contributed by atoms with Gasteiger partial charge in [-0.2, -0.15) is 4.90 Å². The van der Waals surface area contributed by atoms with Gasteiger partial charge in [0.15, 0.2) is 6.04 Å². The predicted molar refractivity (Wildman–Crippen MR) is 94.6 cm³/mol. The van der Waals surface area contributed by atoms with Crippen molar-refractivity contribution in [3.63, 3.8) is 0 Å². The van der Waals surface area contributed by atoms with E-state index in [4.69, 9.17) is 14.2 Å². The van der Waals surface area contributed by atoms with Crippen molar-refractivity contribution >= 4 is 24.4 Å². The van der Waals surface area contributed by atoms with Gasteiger partial charge in [0, 0.05) is 6.42 Å². The smallest absolute Gasteiger partial charge is 0.420 e. The number of hydrogen-bond donors (Lipinski definition) is 0. The lowest BCUT2D eigenvalue weighted by molar-refractivity contribution is -0.161. The minimum atomic E-state index is -1.49. The maximum Gasteiger partial charge on any atom is 0.420 e. The fourth-order valence-electron chi connectivity index (χ4n) is 1.72. The molecule has 26 heavy (non-hydrogen) atoms. The Morgan fingerprint density at radius 2 is 1.12 bits per heavy atom. The van der Waals surface area contributed by atoms with Crippen molar-refractivity contribution in [1.82, 2.24) is 4.90 Å². The first kappa shape index (κ1) is 23.9. The summed E-state index contributed by atoms with van der Waals surface area (Å²) in [6.45, 7) is 14.6. The lowest BCUT2D eigenvalue weighted by Crippen LogP contribution is -2.53. The van der Waals surface area contributed by atoms with Crippen LogP contribution in [0, 0.1) is 0 Å². The molecule has 0 aliphatic carbocycles. The van der Waals surface area contributed by atoms with Crippen LogP contribution in [0.3, 0.4) is 0 Å². The summed E-state index contributed by atoms with van der Waals surface area (Å²) in [5.74, 6) is -0.902. The average Bonchev–Trinajstić information content (AvgIpc) is 2.31. The standard InChI is InChI=1S/C18H31NO7/c1-16(2,3)24-13(21)12(10-11-20)19(14(22)25-17(4,5)6)15(23)26-18(7,8)9/h11-12H,10H2,1-9H3/t12-/m0/s1. The third-order valence-corrected chi connectivity index (χ3v) is 2.49. The van der Waals surface area contributed by atoms with Crippen molar-refractivity contribution in [1.29, 1.82) is 0 Å². The minimum absolute atomic E-state index is 0.427. The van der Waals surface area contributed by atoms with Crippen molar-refractivity contribution in [3.8, 4) is 0 Å². The molecule has 0 N–H and O–H groups in total. The summed E-state index contributed by atoms with van der Waals surface area (Å²) in [4.78, 5) is 49.2. The molecule has 0 aromatic heterocycles. The van der Waals surface area contributed by atoms with E-state index in [0.29, 0.717) is 11.2 Å². The first-order valence-corrected chi connectivity index (χ1v) is 8.38. The van der Waals surface area contributed by atoms with E-state index in [1.54, 1.807) is 62.3 Å². The molecule has 0 aliphatic heterocycles. The third-order valence-electron chi connectivity index (χ3n) is 2.49. The summed E-state index contributed by atoms with van der Waals surface area (Å²) >= 11 is 0. The molecule has 0 radical (unpaired) electrons. The predicted octanol–water partition coefficient (Wildman–Crippen LogP) is 3.46. The molecule has 0 saturated heterocycles. The Morgan fingerprint density at radius 3 is 1.38 bits per heavy atom. The molecule has 0 aliphatic rings. The maximum atomic E-state index is 12.6. The molecular formula is C18H31NO7. The number of carbonyl (C=O) groups excluding carboxylic acids is 4. The van der Waals surface area contributed by atoms with Crippen LogP contribution in [0.2, 0.25) is 0 Å². The Balaban J connectivity index is 5.87. The lowest BCUT2D eigenvalue weighted by atomic mass is 10.1. The fraction of sp³-hybridized carbons (Fsp3) is 0.778. The first-order valence-electron chi connectivity index (χ1n) is 8.38. The first-order chi connectivity index (χ1) is 11.5. The molecule has 0 heterocycles. The maximum absolute atomic E-state index is 12.6. The monoisotopic (exact) mass is 373 g/mol. The number of nitrogens with zero attached hydrogens (tertiary/aromatic N) is 1. The zero-order chi connectivity index (χ0) is 20.9. The number of rotatable bonds is 4. The molecule has 0 rings (SSSR count). The molecule has 0 saturated carbocycles. The zero-order valence-corrected chi connectivity index (χ0v) is 17.2. The topological polar surface area (TPSA) is 99.2 Å². The van der Waals surface area contributed by atoms with E-state index in [2.05, 4.69) is 0 Å². The van der Waals surface area contributed by atoms with E-state index in [1.807, 2.05) is 0 Å².